The van der Waals surface area contributed by atoms with E-state index < -0.39 is 30.3 Å². The molecule has 0 amide bonds. The minimum atomic E-state index is -0.772. The predicted octanol–water partition coefficient (Wildman–Crippen LogP) is -0.173. The van der Waals surface area contributed by atoms with Crippen molar-refractivity contribution in [3.05, 3.63) is 6.33 Å². The molecule has 0 bridgehead atoms. The molecule has 3 N–H and O–H groups in total. The second-order valence-corrected chi connectivity index (χ2v) is 6.22. The molecule has 0 aromatic carbocycles. The van der Waals surface area contributed by atoms with Crippen molar-refractivity contribution < 1.29 is 24.1 Å². The van der Waals surface area contributed by atoms with Crippen LogP contribution in [0, 0.1) is 0 Å². The number of nitrogens with two attached hydrogens (primary N) is 1. The quantitative estimate of drug-likeness (QED) is 0.784. The van der Waals surface area contributed by atoms with E-state index in [4.69, 9.17) is 24.7 Å². The fourth-order valence-corrected chi connectivity index (χ4v) is 3.29. The zero-order chi connectivity index (χ0) is 17.1. The van der Waals surface area contributed by atoms with E-state index >= 15 is 0 Å². The summed E-state index contributed by atoms with van der Waals surface area (Å²) in [5.74, 6) is -0.208. The lowest BCUT2D eigenvalue weighted by molar-refractivity contribution is -0.201. The average molecular weight is 337 g/mol. The highest BCUT2D eigenvalue weighted by atomic mass is 16.8. The number of methoxy groups -OCH3 is 1. The number of ether oxygens (including phenoxy) is 4. The van der Waals surface area contributed by atoms with E-state index in [0.29, 0.717) is 16.9 Å². The molecule has 4 rings (SSSR count). The number of aromatic nitrogens is 4. The smallest absolute Gasteiger partial charge is 0.246 e. The van der Waals surface area contributed by atoms with Gasteiger partial charge in [0.05, 0.1) is 13.7 Å². The van der Waals surface area contributed by atoms with Crippen LogP contribution in [0.25, 0.3) is 11.0 Å². The monoisotopic (exact) mass is 337 g/mol. The third-order valence-corrected chi connectivity index (χ3v) is 4.23. The molecule has 10 nitrogen and oxygen atoms in total. The normalized spacial score (nSPS) is 31.5. The number of anilines is 1. The van der Waals surface area contributed by atoms with Gasteiger partial charge >= 0.3 is 0 Å². The van der Waals surface area contributed by atoms with Crippen molar-refractivity contribution >= 4 is 16.9 Å². The van der Waals surface area contributed by atoms with Gasteiger partial charge in [-0.3, -0.25) is 0 Å². The van der Waals surface area contributed by atoms with Gasteiger partial charge in [-0.05, 0) is 13.8 Å². The van der Waals surface area contributed by atoms with E-state index in [1.807, 2.05) is 13.8 Å². The standard InChI is InChI=1S/C14H19N5O5/c1-14(2)23-8-6(4-20)22-13(9(8)24-14)19-11-7(12(18-19)21-3)10(15)16-5-17-11/h5-6,8-9,13,20H,4H2,1-3H3,(H2,15,16,17)/t6-,8-,9-,13-/m1/s1. The summed E-state index contributed by atoms with van der Waals surface area (Å²) in [7, 11) is 1.49. The molecule has 10 heteroatoms. The maximum Gasteiger partial charge on any atom is 0.246 e. The van der Waals surface area contributed by atoms with Crippen LogP contribution in [0.15, 0.2) is 6.33 Å². The van der Waals surface area contributed by atoms with Crippen LogP contribution in [-0.4, -0.2) is 62.7 Å². The molecule has 130 valence electrons. The molecule has 2 saturated heterocycles. The molecular formula is C14H19N5O5. The van der Waals surface area contributed by atoms with E-state index in [0.717, 1.165) is 0 Å². The molecule has 4 heterocycles. The third kappa shape index (κ3) is 2.14. The summed E-state index contributed by atoms with van der Waals surface area (Å²) in [6.07, 6.45) is -0.650. The Kier molecular flexibility index (Phi) is 3.39. The Balaban J connectivity index is 1.82. The highest BCUT2D eigenvalue weighted by Gasteiger charge is 2.56. The fraction of sp³-hybridized carbons (Fsp3) is 0.643. The van der Waals surface area contributed by atoms with Crippen molar-refractivity contribution in [1.82, 2.24) is 19.7 Å². The minimum absolute atomic E-state index is 0.190. The number of aliphatic hydroxyl groups is 1. The number of hydrogen-bond donors (Lipinski definition) is 2. The Morgan fingerprint density at radius 1 is 1.33 bits per heavy atom. The zero-order valence-corrected chi connectivity index (χ0v) is 13.5. The molecular weight excluding hydrogens is 318 g/mol. The second-order valence-electron chi connectivity index (χ2n) is 6.22. The summed E-state index contributed by atoms with van der Waals surface area (Å²) < 4.78 is 24.6. The lowest BCUT2D eigenvalue weighted by Crippen LogP contribution is -2.31. The molecule has 2 aromatic heterocycles. The second kappa shape index (κ2) is 5.24. The van der Waals surface area contributed by atoms with Gasteiger partial charge in [-0.2, -0.15) is 0 Å². The van der Waals surface area contributed by atoms with Crippen LogP contribution in [0.4, 0.5) is 5.82 Å². The topological polar surface area (TPSA) is 127 Å². The van der Waals surface area contributed by atoms with E-state index in [1.54, 1.807) is 4.68 Å². The van der Waals surface area contributed by atoms with Crippen molar-refractivity contribution in [3.63, 3.8) is 0 Å². The molecule has 0 saturated carbocycles. The fourth-order valence-electron chi connectivity index (χ4n) is 3.29. The van der Waals surface area contributed by atoms with Gasteiger partial charge in [0.2, 0.25) is 5.88 Å². The average Bonchev–Trinajstić information content (AvgIpc) is 3.16. The molecule has 2 aromatic rings. The Labute approximate surface area is 137 Å². The first-order valence-corrected chi connectivity index (χ1v) is 7.60. The Morgan fingerprint density at radius 3 is 2.79 bits per heavy atom. The first-order chi connectivity index (χ1) is 11.4. The number of hydrogen-bond acceptors (Lipinski definition) is 9. The molecule has 2 aliphatic rings. The van der Waals surface area contributed by atoms with Crippen LogP contribution in [0.3, 0.4) is 0 Å². The zero-order valence-electron chi connectivity index (χ0n) is 13.5. The SMILES string of the molecule is COc1nn([C@@H]2O[C@H](CO)[C@H]3OC(C)(C)O[C@H]32)c2ncnc(N)c12. The summed E-state index contributed by atoms with van der Waals surface area (Å²) in [5, 5.41) is 14.5. The highest BCUT2D eigenvalue weighted by Crippen LogP contribution is 2.44. The number of fused-ring (bicyclic) bond motifs is 2. The third-order valence-electron chi connectivity index (χ3n) is 4.23. The Hall–Kier alpha value is -2.01. The molecule has 2 aliphatic heterocycles. The first kappa shape index (κ1) is 15.5. The molecule has 0 aliphatic carbocycles. The molecule has 24 heavy (non-hydrogen) atoms. The van der Waals surface area contributed by atoms with Crippen molar-refractivity contribution in [2.75, 3.05) is 19.5 Å². The first-order valence-electron chi connectivity index (χ1n) is 7.60. The van der Waals surface area contributed by atoms with Gasteiger partial charge in [0.1, 0.15) is 35.8 Å². The van der Waals surface area contributed by atoms with Crippen LogP contribution in [0.2, 0.25) is 0 Å². The van der Waals surface area contributed by atoms with Crippen LogP contribution in [-0.2, 0) is 14.2 Å². The van der Waals surface area contributed by atoms with Crippen molar-refractivity contribution in [2.24, 2.45) is 0 Å². The maximum absolute atomic E-state index is 9.60. The van der Waals surface area contributed by atoms with Gasteiger partial charge in [0.25, 0.3) is 0 Å². The lowest BCUT2D eigenvalue weighted by atomic mass is 10.1. The molecule has 4 atom stereocenters. The van der Waals surface area contributed by atoms with Gasteiger partial charge in [-0.1, -0.05) is 0 Å². The lowest BCUT2D eigenvalue weighted by Gasteiger charge is -2.23. The largest absolute Gasteiger partial charge is 0.479 e. The number of rotatable bonds is 3. The summed E-state index contributed by atoms with van der Waals surface area (Å²) in [5.41, 5.74) is 6.39. The Bertz CT molecular complexity index is 778. The van der Waals surface area contributed by atoms with Crippen molar-refractivity contribution in [2.45, 2.75) is 44.2 Å². The molecule has 0 spiro atoms. The van der Waals surface area contributed by atoms with Crippen LogP contribution in [0.5, 0.6) is 5.88 Å². The van der Waals surface area contributed by atoms with Gasteiger partial charge in [0.15, 0.2) is 17.7 Å². The van der Waals surface area contributed by atoms with Gasteiger partial charge < -0.3 is 29.8 Å². The molecule has 0 unspecified atom stereocenters. The van der Waals surface area contributed by atoms with Crippen LogP contribution >= 0.6 is 0 Å². The van der Waals surface area contributed by atoms with Gasteiger partial charge in [0, 0.05) is 0 Å². The molecule has 0 radical (unpaired) electrons. The van der Waals surface area contributed by atoms with Crippen LogP contribution < -0.4 is 10.5 Å². The van der Waals surface area contributed by atoms with E-state index in [2.05, 4.69) is 15.1 Å². The van der Waals surface area contributed by atoms with E-state index in [-0.39, 0.29) is 12.4 Å². The van der Waals surface area contributed by atoms with Crippen molar-refractivity contribution in [3.8, 4) is 5.88 Å². The van der Waals surface area contributed by atoms with Gasteiger partial charge in [-0.25, -0.2) is 14.6 Å². The summed E-state index contributed by atoms with van der Waals surface area (Å²) in [4.78, 5) is 8.22. The highest BCUT2D eigenvalue weighted by molar-refractivity contribution is 5.90. The Morgan fingerprint density at radius 2 is 2.08 bits per heavy atom. The number of aliphatic hydroxyl groups excluding tert-OH is 1. The number of nitrogens with zero attached hydrogens (tertiary/aromatic N) is 4. The van der Waals surface area contributed by atoms with E-state index in [1.165, 1.54) is 13.4 Å². The summed E-state index contributed by atoms with van der Waals surface area (Å²) >= 11 is 0. The molecule has 2 fully saturated rings. The summed E-state index contributed by atoms with van der Waals surface area (Å²) in [6, 6.07) is 0. The van der Waals surface area contributed by atoms with E-state index in [9.17, 15) is 5.11 Å². The predicted molar refractivity (Wildman–Crippen MR) is 81.1 cm³/mol. The van der Waals surface area contributed by atoms with Crippen LogP contribution in [0.1, 0.15) is 20.1 Å². The van der Waals surface area contributed by atoms with Gasteiger partial charge in [-0.15, -0.1) is 5.10 Å². The van der Waals surface area contributed by atoms with Crippen molar-refractivity contribution in [1.29, 1.82) is 0 Å². The maximum atomic E-state index is 9.60. The summed E-state index contributed by atoms with van der Waals surface area (Å²) in [6.45, 7) is 3.45. The number of nitrogen functional groups attached to an aromatic ring is 1. The minimum Gasteiger partial charge on any atom is -0.479 e.